The molecule has 0 bridgehead atoms. The first-order valence-corrected chi connectivity index (χ1v) is 10.6. The summed E-state index contributed by atoms with van der Waals surface area (Å²) >= 11 is 1.71. The summed E-state index contributed by atoms with van der Waals surface area (Å²) in [6.07, 6.45) is 7.00. The van der Waals surface area contributed by atoms with E-state index in [0.717, 1.165) is 53.8 Å². The minimum Gasteiger partial charge on any atom is -0.379 e. The Morgan fingerprint density at radius 2 is 1.93 bits per heavy atom. The van der Waals surface area contributed by atoms with Gasteiger partial charge in [-0.3, -0.25) is 4.90 Å². The molecule has 9 nitrogen and oxygen atoms in total. The van der Waals surface area contributed by atoms with Gasteiger partial charge in [0, 0.05) is 30.4 Å². The van der Waals surface area contributed by atoms with Crippen molar-refractivity contribution in [3.63, 3.8) is 0 Å². The molecule has 0 aliphatic carbocycles. The zero-order valence-electron chi connectivity index (χ0n) is 16.9. The van der Waals surface area contributed by atoms with Crippen LogP contribution in [0.25, 0.3) is 16.2 Å². The second kappa shape index (κ2) is 8.05. The van der Waals surface area contributed by atoms with Crippen LogP contribution in [0.1, 0.15) is 16.3 Å². The minimum absolute atomic E-state index is 0.522. The molecule has 0 atom stereocenters. The maximum atomic E-state index is 5.46. The molecule has 0 amide bonds. The Hall–Kier alpha value is -2.95. The molecular weight excluding hydrogens is 400 g/mol. The number of anilines is 2. The Labute approximate surface area is 177 Å². The van der Waals surface area contributed by atoms with Crippen molar-refractivity contribution in [2.75, 3.05) is 31.6 Å². The largest absolute Gasteiger partial charge is 0.379 e. The number of aryl methyl sites for hydroxylation is 2. The molecule has 1 aliphatic heterocycles. The number of hydrogen-bond acceptors (Lipinski definition) is 9. The SMILES string of the molecule is Cc1sc2nc(CN3CCOCC3)nc(Nc3cnn(-c4ncccn4)c3)c2c1C. The van der Waals surface area contributed by atoms with Gasteiger partial charge in [-0.1, -0.05) is 0 Å². The minimum atomic E-state index is 0.522. The predicted molar refractivity (Wildman–Crippen MR) is 115 cm³/mol. The van der Waals surface area contributed by atoms with E-state index in [1.165, 1.54) is 10.4 Å². The smallest absolute Gasteiger partial charge is 0.250 e. The molecule has 4 aromatic heterocycles. The van der Waals surface area contributed by atoms with Gasteiger partial charge in [0.25, 0.3) is 0 Å². The number of aromatic nitrogens is 6. The van der Waals surface area contributed by atoms with Gasteiger partial charge in [0.2, 0.25) is 5.95 Å². The lowest BCUT2D eigenvalue weighted by atomic mass is 10.2. The fourth-order valence-electron chi connectivity index (χ4n) is 3.46. The fourth-order valence-corrected chi connectivity index (χ4v) is 4.51. The highest BCUT2D eigenvalue weighted by Gasteiger charge is 2.18. The number of nitrogens with one attached hydrogen (secondary N) is 1. The van der Waals surface area contributed by atoms with E-state index < -0.39 is 0 Å². The topological polar surface area (TPSA) is 93.9 Å². The lowest BCUT2D eigenvalue weighted by molar-refractivity contribution is 0.0331. The standard InChI is InChI=1S/C20H22N8OS/c1-13-14(2)30-19-17(13)18(25-16(26-19)12-27-6-8-29-9-7-27)24-15-10-23-28(11-15)20-21-4-3-5-22-20/h3-5,10-11H,6-9,12H2,1-2H3,(H,24,25,26). The molecule has 10 heteroatoms. The zero-order valence-corrected chi connectivity index (χ0v) is 17.7. The van der Waals surface area contributed by atoms with Crippen LogP contribution in [0, 0.1) is 13.8 Å². The molecule has 0 aromatic carbocycles. The van der Waals surface area contributed by atoms with Crippen molar-refractivity contribution >= 4 is 33.1 Å². The first-order chi connectivity index (χ1) is 14.7. The summed E-state index contributed by atoms with van der Waals surface area (Å²) < 4.78 is 7.10. The quantitative estimate of drug-likeness (QED) is 0.525. The van der Waals surface area contributed by atoms with Crippen LogP contribution in [-0.4, -0.2) is 60.9 Å². The van der Waals surface area contributed by atoms with E-state index in [1.807, 2.05) is 6.20 Å². The van der Waals surface area contributed by atoms with Crippen molar-refractivity contribution < 1.29 is 4.74 Å². The number of thiophene rings is 1. The highest BCUT2D eigenvalue weighted by molar-refractivity contribution is 7.18. The highest BCUT2D eigenvalue weighted by atomic mass is 32.1. The van der Waals surface area contributed by atoms with Gasteiger partial charge in [0.1, 0.15) is 16.5 Å². The maximum absolute atomic E-state index is 5.46. The highest BCUT2D eigenvalue weighted by Crippen LogP contribution is 2.34. The van der Waals surface area contributed by atoms with E-state index in [4.69, 9.17) is 14.7 Å². The van der Waals surface area contributed by atoms with Crippen molar-refractivity contribution in [3.05, 3.63) is 47.1 Å². The van der Waals surface area contributed by atoms with Crippen molar-refractivity contribution in [1.82, 2.24) is 34.6 Å². The Morgan fingerprint density at radius 3 is 2.73 bits per heavy atom. The Balaban J connectivity index is 1.48. The molecule has 1 N–H and O–H groups in total. The molecule has 30 heavy (non-hydrogen) atoms. The van der Waals surface area contributed by atoms with Gasteiger partial charge in [-0.15, -0.1) is 11.3 Å². The molecule has 1 fully saturated rings. The third-order valence-electron chi connectivity index (χ3n) is 5.15. The lowest BCUT2D eigenvalue weighted by Crippen LogP contribution is -2.36. The van der Waals surface area contributed by atoms with Crippen LogP contribution in [0.2, 0.25) is 0 Å². The van der Waals surface area contributed by atoms with E-state index in [1.54, 1.807) is 40.7 Å². The van der Waals surface area contributed by atoms with Gasteiger partial charge >= 0.3 is 0 Å². The molecule has 5 rings (SSSR count). The molecule has 0 saturated carbocycles. The third-order valence-corrected chi connectivity index (χ3v) is 6.25. The van der Waals surface area contributed by atoms with Gasteiger partial charge in [-0.25, -0.2) is 24.6 Å². The number of hydrogen-bond donors (Lipinski definition) is 1. The number of fused-ring (bicyclic) bond motifs is 1. The molecule has 0 radical (unpaired) electrons. The molecule has 4 aromatic rings. The van der Waals surface area contributed by atoms with Crippen molar-refractivity contribution in [2.45, 2.75) is 20.4 Å². The summed E-state index contributed by atoms with van der Waals surface area (Å²) in [6.45, 7) is 8.26. The number of morpholine rings is 1. The molecule has 1 saturated heterocycles. The zero-order chi connectivity index (χ0) is 20.5. The normalized spacial score (nSPS) is 15.0. The van der Waals surface area contributed by atoms with Crippen molar-refractivity contribution in [3.8, 4) is 5.95 Å². The molecule has 0 unspecified atom stereocenters. The number of rotatable bonds is 5. The number of nitrogens with zero attached hydrogens (tertiary/aromatic N) is 7. The van der Waals surface area contributed by atoms with Gasteiger partial charge < -0.3 is 10.1 Å². The average Bonchev–Trinajstić information content (AvgIpc) is 3.34. The molecule has 5 heterocycles. The predicted octanol–water partition coefficient (Wildman–Crippen LogP) is 2.86. The van der Waals surface area contributed by atoms with E-state index in [0.29, 0.717) is 12.5 Å². The third kappa shape index (κ3) is 3.76. The van der Waals surface area contributed by atoms with Gasteiger partial charge in [0.05, 0.1) is 43.2 Å². The molecule has 0 spiro atoms. The first-order valence-electron chi connectivity index (χ1n) is 9.83. The molecular formula is C20H22N8OS. The van der Waals surface area contributed by atoms with Crippen molar-refractivity contribution in [2.24, 2.45) is 0 Å². The monoisotopic (exact) mass is 422 g/mol. The fraction of sp³-hybridized carbons (Fsp3) is 0.350. The second-order valence-electron chi connectivity index (χ2n) is 7.19. The van der Waals surface area contributed by atoms with Crippen LogP contribution in [0.3, 0.4) is 0 Å². The summed E-state index contributed by atoms with van der Waals surface area (Å²) in [5.41, 5.74) is 2.03. The molecule has 154 valence electrons. The van der Waals surface area contributed by atoms with Crippen LogP contribution in [-0.2, 0) is 11.3 Å². The van der Waals surface area contributed by atoms with E-state index in [2.05, 4.69) is 39.1 Å². The van der Waals surface area contributed by atoms with Gasteiger partial charge in [-0.05, 0) is 25.5 Å². The Kier molecular flexibility index (Phi) is 5.11. The van der Waals surface area contributed by atoms with Crippen LogP contribution in [0.15, 0.2) is 30.9 Å². The average molecular weight is 423 g/mol. The number of ether oxygens (including phenoxy) is 1. The summed E-state index contributed by atoms with van der Waals surface area (Å²) in [7, 11) is 0. The second-order valence-corrected chi connectivity index (χ2v) is 8.39. The summed E-state index contributed by atoms with van der Waals surface area (Å²) in [5, 5.41) is 8.88. The van der Waals surface area contributed by atoms with Crippen LogP contribution < -0.4 is 5.32 Å². The summed E-state index contributed by atoms with van der Waals surface area (Å²) in [4.78, 5) is 22.8. The Morgan fingerprint density at radius 1 is 1.13 bits per heavy atom. The summed E-state index contributed by atoms with van der Waals surface area (Å²) in [6, 6.07) is 1.78. The lowest BCUT2D eigenvalue weighted by Gasteiger charge is -2.25. The van der Waals surface area contributed by atoms with Crippen molar-refractivity contribution in [1.29, 1.82) is 0 Å². The van der Waals surface area contributed by atoms with E-state index in [-0.39, 0.29) is 0 Å². The van der Waals surface area contributed by atoms with Gasteiger partial charge in [-0.2, -0.15) is 5.10 Å². The van der Waals surface area contributed by atoms with Crippen LogP contribution >= 0.6 is 11.3 Å². The Bertz CT molecular complexity index is 1170. The van der Waals surface area contributed by atoms with Crippen LogP contribution in [0.4, 0.5) is 11.5 Å². The van der Waals surface area contributed by atoms with E-state index >= 15 is 0 Å². The van der Waals surface area contributed by atoms with Gasteiger partial charge in [0.15, 0.2) is 0 Å². The van der Waals surface area contributed by atoms with Crippen LogP contribution in [0.5, 0.6) is 0 Å². The molecule has 1 aliphatic rings. The first kappa shape index (κ1) is 19.0. The maximum Gasteiger partial charge on any atom is 0.250 e. The summed E-state index contributed by atoms with van der Waals surface area (Å²) in [5.74, 6) is 2.14. The van der Waals surface area contributed by atoms with E-state index in [9.17, 15) is 0 Å².